The lowest BCUT2D eigenvalue weighted by atomic mass is 10.1. The Morgan fingerprint density at radius 1 is 1.38 bits per heavy atom. The van der Waals surface area contributed by atoms with Gasteiger partial charge in [0.1, 0.15) is 0 Å². The summed E-state index contributed by atoms with van der Waals surface area (Å²) in [6.07, 6.45) is 4.48. The van der Waals surface area contributed by atoms with Crippen molar-refractivity contribution < 1.29 is 0 Å². The standard InChI is InChI=1S/C12H15I/c1-4-12-9(2)6-5-7-11(12)8-10(3)13/h4-8,10H,1-3H3/b11-8-,12-4+/t10-/m1/s1. The molecule has 0 saturated heterocycles. The summed E-state index contributed by atoms with van der Waals surface area (Å²) in [4.78, 5) is 0. The van der Waals surface area contributed by atoms with Crippen LogP contribution in [-0.4, -0.2) is 3.92 Å². The molecule has 1 aromatic rings. The highest BCUT2D eigenvalue weighted by molar-refractivity contribution is 14.1. The Hall–Kier alpha value is -0.310. The van der Waals surface area contributed by atoms with E-state index in [4.69, 9.17) is 0 Å². The monoisotopic (exact) mass is 286 g/mol. The topological polar surface area (TPSA) is 0 Å². The number of alkyl halides is 1. The third-order valence-electron chi connectivity index (χ3n) is 2.06. The molecule has 1 rings (SSSR count). The molecule has 0 N–H and O–H groups in total. The molecule has 0 aliphatic carbocycles. The van der Waals surface area contributed by atoms with Crippen LogP contribution in [0.3, 0.4) is 0 Å². The van der Waals surface area contributed by atoms with Gasteiger partial charge >= 0.3 is 0 Å². The van der Waals surface area contributed by atoms with Gasteiger partial charge in [0.25, 0.3) is 0 Å². The lowest BCUT2D eigenvalue weighted by molar-refractivity contribution is 1.31. The lowest BCUT2D eigenvalue weighted by Gasteiger charge is -1.97. The number of hydrogen-bond donors (Lipinski definition) is 0. The first kappa shape index (κ1) is 10.8. The van der Waals surface area contributed by atoms with E-state index in [1.807, 2.05) is 0 Å². The molecule has 0 bridgehead atoms. The van der Waals surface area contributed by atoms with Gasteiger partial charge in [0.05, 0.1) is 0 Å². The van der Waals surface area contributed by atoms with Gasteiger partial charge in [0.2, 0.25) is 0 Å². The molecule has 0 aliphatic rings. The van der Waals surface area contributed by atoms with Gasteiger partial charge in [-0.2, -0.15) is 0 Å². The fraction of sp³-hybridized carbons (Fsp3) is 0.333. The van der Waals surface area contributed by atoms with Crippen LogP contribution in [0.2, 0.25) is 0 Å². The highest BCUT2D eigenvalue weighted by atomic mass is 127. The molecule has 70 valence electrons. The van der Waals surface area contributed by atoms with Gasteiger partial charge in [-0.3, -0.25) is 0 Å². The van der Waals surface area contributed by atoms with E-state index in [0.717, 1.165) is 0 Å². The third kappa shape index (κ3) is 2.83. The van der Waals surface area contributed by atoms with E-state index in [1.165, 1.54) is 16.0 Å². The normalized spacial score (nSPS) is 16.3. The highest BCUT2D eigenvalue weighted by Gasteiger charge is 1.91. The smallest absolute Gasteiger partial charge is 0.0270 e. The van der Waals surface area contributed by atoms with Crippen LogP contribution in [0.5, 0.6) is 0 Å². The number of aryl methyl sites for hydroxylation is 1. The zero-order valence-electron chi connectivity index (χ0n) is 8.34. The maximum absolute atomic E-state index is 2.42. The van der Waals surface area contributed by atoms with Crippen molar-refractivity contribution in [2.75, 3.05) is 0 Å². The Balaban J connectivity index is 3.47. The zero-order valence-corrected chi connectivity index (χ0v) is 10.5. The molecule has 0 fully saturated rings. The van der Waals surface area contributed by atoms with Gasteiger partial charge in [-0.05, 0) is 36.8 Å². The summed E-state index contributed by atoms with van der Waals surface area (Å²) in [5, 5.41) is 2.72. The maximum atomic E-state index is 2.42. The highest BCUT2D eigenvalue weighted by Crippen LogP contribution is 1.98. The zero-order chi connectivity index (χ0) is 9.84. The predicted molar refractivity (Wildman–Crippen MR) is 68.5 cm³/mol. The van der Waals surface area contributed by atoms with Gasteiger partial charge in [-0.25, -0.2) is 0 Å². The average molecular weight is 286 g/mol. The molecular formula is C12H15I. The minimum atomic E-state index is 0.582. The van der Waals surface area contributed by atoms with E-state index >= 15 is 0 Å². The Bertz CT molecular complexity index is 388. The van der Waals surface area contributed by atoms with Gasteiger partial charge in [-0.1, -0.05) is 52.9 Å². The summed E-state index contributed by atoms with van der Waals surface area (Å²) in [6.45, 7) is 6.45. The minimum Gasteiger partial charge on any atom is -0.0795 e. The second kappa shape index (κ2) is 4.80. The van der Waals surface area contributed by atoms with E-state index in [0.29, 0.717) is 3.92 Å². The van der Waals surface area contributed by atoms with Crippen molar-refractivity contribution in [2.45, 2.75) is 24.7 Å². The Kier molecular flexibility index (Phi) is 3.97. The quantitative estimate of drug-likeness (QED) is 0.549. The van der Waals surface area contributed by atoms with E-state index in [-0.39, 0.29) is 0 Å². The van der Waals surface area contributed by atoms with Crippen molar-refractivity contribution in [3.05, 3.63) is 34.2 Å². The molecule has 1 heteroatoms. The van der Waals surface area contributed by atoms with Crippen LogP contribution in [0.1, 0.15) is 19.4 Å². The van der Waals surface area contributed by atoms with Crippen molar-refractivity contribution in [3.8, 4) is 0 Å². The second-order valence-electron chi connectivity index (χ2n) is 3.21. The van der Waals surface area contributed by atoms with Crippen molar-refractivity contribution in [1.82, 2.24) is 0 Å². The van der Waals surface area contributed by atoms with Crippen molar-refractivity contribution in [2.24, 2.45) is 0 Å². The molecule has 0 aromatic heterocycles. The van der Waals surface area contributed by atoms with Gasteiger partial charge in [0.15, 0.2) is 0 Å². The first-order chi connectivity index (χ1) is 6.15. The molecule has 0 spiro atoms. The summed E-state index contributed by atoms with van der Waals surface area (Å²) in [5.41, 5.74) is 1.35. The Morgan fingerprint density at radius 2 is 2.08 bits per heavy atom. The van der Waals surface area contributed by atoms with Crippen LogP contribution in [-0.2, 0) is 0 Å². The van der Waals surface area contributed by atoms with Crippen molar-refractivity contribution in [1.29, 1.82) is 0 Å². The molecule has 0 aliphatic heterocycles. The summed E-state index contributed by atoms with van der Waals surface area (Å²) < 4.78 is 0.582. The van der Waals surface area contributed by atoms with Gasteiger partial charge in [0, 0.05) is 3.92 Å². The van der Waals surface area contributed by atoms with E-state index in [9.17, 15) is 0 Å². The summed E-state index contributed by atoms with van der Waals surface area (Å²) in [5.74, 6) is 0. The minimum absolute atomic E-state index is 0.582. The first-order valence-electron chi connectivity index (χ1n) is 4.53. The second-order valence-corrected chi connectivity index (χ2v) is 5.18. The molecule has 0 amide bonds. The number of benzene rings is 1. The van der Waals surface area contributed by atoms with Crippen LogP contribution < -0.4 is 10.4 Å². The molecule has 0 saturated carbocycles. The largest absolute Gasteiger partial charge is 0.0795 e. The predicted octanol–water partition coefficient (Wildman–Crippen LogP) is 2.40. The lowest BCUT2D eigenvalue weighted by Crippen LogP contribution is -2.27. The summed E-state index contributed by atoms with van der Waals surface area (Å²) >= 11 is 2.42. The van der Waals surface area contributed by atoms with Crippen molar-refractivity contribution in [3.63, 3.8) is 0 Å². The fourth-order valence-corrected chi connectivity index (χ4v) is 1.88. The number of hydrogen-bond acceptors (Lipinski definition) is 0. The van der Waals surface area contributed by atoms with Crippen LogP contribution >= 0.6 is 22.6 Å². The maximum Gasteiger partial charge on any atom is 0.0270 e. The fourth-order valence-electron chi connectivity index (χ4n) is 1.49. The summed E-state index contributed by atoms with van der Waals surface area (Å²) in [7, 11) is 0. The Morgan fingerprint density at radius 3 is 2.62 bits per heavy atom. The van der Waals surface area contributed by atoms with E-state index < -0.39 is 0 Å². The van der Waals surface area contributed by atoms with Gasteiger partial charge < -0.3 is 0 Å². The molecule has 0 unspecified atom stereocenters. The van der Waals surface area contributed by atoms with E-state index in [1.54, 1.807) is 0 Å². The molecule has 13 heavy (non-hydrogen) atoms. The van der Waals surface area contributed by atoms with Gasteiger partial charge in [-0.15, -0.1) is 0 Å². The van der Waals surface area contributed by atoms with Crippen LogP contribution in [0, 0.1) is 6.92 Å². The number of rotatable bonds is 1. The first-order valence-corrected chi connectivity index (χ1v) is 5.77. The molecule has 0 nitrogen and oxygen atoms in total. The molecule has 1 atom stereocenters. The molecular weight excluding hydrogens is 271 g/mol. The molecule has 1 aromatic carbocycles. The van der Waals surface area contributed by atoms with Crippen molar-refractivity contribution >= 4 is 34.7 Å². The molecule has 0 radical (unpaired) electrons. The average Bonchev–Trinajstić information content (AvgIpc) is 2.03. The summed E-state index contributed by atoms with van der Waals surface area (Å²) in [6, 6.07) is 6.45. The van der Waals surface area contributed by atoms with Crippen LogP contribution in [0.25, 0.3) is 12.2 Å². The Labute approximate surface area is 93.5 Å². The van der Waals surface area contributed by atoms with E-state index in [2.05, 4.69) is 73.7 Å². The molecule has 0 heterocycles. The van der Waals surface area contributed by atoms with Crippen LogP contribution in [0.4, 0.5) is 0 Å². The van der Waals surface area contributed by atoms with Crippen LogP contribution in [0.15, 0.2) is 18.2 Å². The third-order valence-corrected chi connectivity index (χ3v) is 2.42. The number of halogens is 1. The SMILES string of the molecule is C/C=c1\c(C)ccc\c1=C\[C@@H](C)I.